The molecule has 0 unspecified atom stereocenters. The van der Waals surface area contributed by atoms with Gasteiger partial charge in [-0.15, -0.1) is 10.2 Å². The quantitative estimate of drug-likeness (QED) is 0.541. The van der Waals surface area contributed by atoms with E-state index >= 15 is 0 Å². The zero-order chi connectivity index (χ0) is 19.5. The molecule has 0 N–H and O–H groups in total. The van der Waals surface area contributed by atoms with Crippen molar-refractivity contribution in [2.45, 2.75) is 36.9 Å². The van der Waals surface area contributed by atoms with Gasteiger partial charge in [-0.05, 0) is 37.8 Å². The summed E-state index contributed by atoms with van der Waals surface area (Å²) < 4.78 is 6.94. The van der Waals surface area contributed by atoms with Gasteiger partial charge in [-0.1, -0.05) is 11.8 Å². The minimum Gasteiger partial charge on any atom is -0.469 e. The lowest BCUT2D eigenvalue weighted by Gasteiger charge is -2.30. The van der Waals surface area contributed by atoms with Crippen molar-refractivity contribution < 1.29 is 14.3 Å². The maximum Gasteiger partial charge on any atom is 0.308 e. The van der Waals surface area contributed by atoms with E-state index in [0.717, 1.165) is 29.4 Å². The van der Waals surface area contributed by atoms with Crippen LogP contribution in [0.1, 0.15) is 31.7 Å². The molecule has 3 heterocycles. The molecule has 2 fully saturated rings. The smallest absolute Gasteiger partial charge is 0.308 e. The second-order valence-corrected chi connectivity index (χ2v) is 8.06. The molecule has 2 aromatic heterocycles. The Labute approximate surface area is 167 Å². The molecular weight excluding hydrogens is 378 g/mol. The molecule has 4 rings (SSSR count). The molecule has 0 spiro atoms. The molecule has 0 radical (unpaired) electrons. The number of ether oxygens (including phenoxy) is 1. The Kier molecular flexibility index (Phi) is 5.61. The lowest BCUT2D eigenvalue weighted by molar-refractivity contribution is -0.148. The molecule has 1 amide bonds. The van der Waals surface area contributed by atoms with E-state index in [0.29, 0.717) is 37.7 Å². The summed E-state index contributed by atoms with van der Waals surface area (Å²) in [6, 6.07) is 4.26. The number of carbonyl (C=O) groups is 2. The Hall–Kier alpha value is -2.42. The van der Waals surface area contributed by atoms with E-state index in [1.165, 1.54) is 18.9 Å². The number of rotatable bonds is 6. The molecule has 28 heavy (non-hydrogen) atoms. The summed E-state index contributed by atoms with van der Waals surface area (Å²) in [5, 5.41) is 9.46. The summed E-state index contributed by atoms with van der Waals surface area (Å²) in [6.45, 7) is 1.19. The van der Waals surface area contributed by atoms with Crippen LogP contribution in [0.25, 0.3) is 11.4 Å². The van der Waals surface area contributed by atoms with Crippen LogP contribution in [0, 0.1) is 5.92 Å². The molecule has 1 saturated heterocycles. The maximum atomic E-state index is 12.6. The Morgan fingerprint density at radius 1 is 1.21 bits per heavy atom. The SMILES string of the molecule is COC(=O)C1CCN(C(=O)CSc2nnc(-c3cccnc3)n2C2CC2)CC1. The summed E-state index contributed by atoms with van der Waals surface area (Å²) in [4.78, 5) is 30.2. The molecule has 1 aliphatic carbocycles. The standard InChI is InChI=1S/C19H23N5O3S/c1-27-18(26)13-6-9-23(10-7-13)16(25)12-28-19-22-21-17(24(19)15-4-5-15)14-3-2-8-20-11-14/h2-3,8,11,13,15H,4-7,9-10,12H2,1H3. The number of pyridine rings is 1. The van der Waals surface area contributed by atoms with Crippen LogP contribution in [-0.2, 0) is 14.3 Å². The largest absolute Gasteiger partial charge is 0.469 e. The summed E-state index contributed by atoms with van der Waals surface area (Å²) >= 11 is 1.43. The third-order valence-corrected chi connectivity index (χ3v) is 6.13. The van der Waals surface area contributed by atoms with Gasteiger partial charge in [0.25, 0.3) is 0 Å². The number of nitrogens with zero attached hydrogens (tertiary/aromatic N) is 5. The second kappa shape index (κ2) is 8.30. The highest BCUT2D eigenvalue weighted by molar-refractivity contribution is 7.99. The Bertz CT molecular complexity index is 845. The van der Waals surface area contributed by atoms with Crippen LogP contribution in [0.15, 0.2) is 29.7 Å². The molecule has 8 nitrogen and oxygen atoms in total. The topological polar surface area (TPSA) is 90.2 Å². The van der Waals surface area contributed by atoms with E-state index in [9.17, 15) is 9.59 Å². The average molecular weight is 401 g/mol. The van der Waals surface area contributed by atoms with Gasteiger partial charge in [0, 0.05) is 37.1 Å². The van der Waals surface area contributed by atoms with Gasteiger partial charge in [0.1, 0.15) is 0 Å². The monoisotopic (exact) mass is 401 g/mol. The number of carbonyl (C=O) groups excluding carboxylic acids is 2. The van der Waals surface area contributed by atoms with Crippen LogP contribution in [0.4, 0.5) is 0 Å². The van der Waals surface area contributed by atoms with Crippen molar-refractivity contribution >= 4 is 23.6 Å². The lowest BCUT2D eigenvalue weighted by atomic mass is 9.97. The van der Waals surface area contributed by atoms with Crippen LogP contribution >= 0.6 is 11.8 Å². The highest BCUT2D eigenvalue weighted by atomic mass is 32.2. The van der Waals surface area contributed by atoms with E-state index in [-0.39, 0.29) is 17.8 Å². The third-order valence-electron chi connectivity index (χ3n) is 5.20. The first kappa shape index (κ1) is 18.9. The van der Waals surface area contributed by atoms with Gasteiger partial charge in [0.05, 0.1) is 18.8 Å². The number of amides is 1. The van der Waals surface area contributed by atoms with Gasteiger partial charge in [-0.25, -0.2) is 0 Å². The van der Waals surface area contributed by atoms with Gasteiger partial charge >= 0.3 is 5.97 Å². The van der Waals surface area contributed by atoms with Crippen LogP contribution in [0.3, 0.4) is 0 Å². The number of methoxy groups -OCH3 is 1. The van der Waals surface area contributed by atoms with Gasteiger partial charge in [-0.2, -0.15) is 0 Å². The van der Waals surface area contributed by atoms with Crippen molar-refractivity contribution in [3.63, 3.8) is 0 Å². The zero-order valence-electron chi connectivity index (χ0n) is 15.8. The van der Waals surface area contributed by atoms with Gasteiger partial charge in [0.15, 0.2) is 11.0 Å². The maximum absolute atomic E-state index is 12.6. The number of thioether (sulfide) groups is 1. The van der Waals surface area contributed by atoms with Gasteiger partial charge in [-0.3, -0.25) is 19.1 Å². The third kappa shape index (κ3) is 4.04. The van der Waals surface area contributed by atoms with Crippen molar-refractivity contribution in [1.29, 1.82) is 0 Å². The summed E-state index contributed by atoms with van der Waals surface area (Å²) in [5.74, 6) is 0.926. The van der Waals surface area contributed by atoms with Gasteiger partial charge in [0.2, 0.25) is 5.91 Å². The predicted molar refractivity (Wildman–Crippen MR) is 104 cm³/mol. The molecule has 0 bridgehead atoms. The number of aromatic nitrogens is 4. The van der Waals surface area contributed by atoms with E-state index in [4.69, 9.17) is 4.74 Å². The summed E-state index contributed by atoms with van der Waals surface area (Å²) in [5.41, 5.74) is 0.935. The van der Waals surface area contributed by atoms with Crippen molar-refractivity contribution in [2.75, 3.05) is 26.0 Å². The Balaban J connectivity index is 1.38. The molecule has 1 aliphatic heterocycles. The molecular formula is C19H23N5O3S. The van der Waals surface area contributed by atoms with Crippen LogP contribution in [-0.4, -0.2) is 62.5 Å². The molecule has 0 atom stereocenters. The van der Waals surface area contributed by atoms with E-state index in [2.05, 4.69) is 19.7 Å². The minimum atomic E-state index is -0.179. The Morgan fingerprint density at radius 3 is 2.64 bits per heavy atom. The zero-order valence-corrected chi connectivity index (χ0v) is 16.6. The molecule has 0 aromatic carbocycles. The van der Waals surface area contributed by atoms with Crippen molar-refractivity contribution in [3.05, 3.63) is 24.5 Å². The van der Waals surface area contributed by atoms with Crippen molar-refractivity contribution in [2.24, 2.45) is 5.92 Å². The Morgan fingerprint density at radius 2 is 2.00 bits per heavy atom. The number of piperidine rings is 1. The van der Waals surface area contributed by atoms with Crippen LogP contribution < -0.4 is 0 Å². The highest BCUT2D eigenvalue weighted by Crippen LogP contribution is 2.41. The number of likely N-dealkylation sites (tertiary alicyclic amines) is 1. The normalized spacial score (nSPS) is 17.5. The van der Waals surface area contributed by atoms with Crippen molar-refractivity contribution in [1.82, 2.24) is 24.6 Å². The molecule has 2 aliphatic rings. The minimum absolute atomic E-state index is 0.0709. The fourth-order valence-electron chi connectivity index (χ4n) is 3.48. The van der Waals surface area contributed by atoms with E-state index < -0.39 is 0 Å². The van der Waals surface area contributed by atoms with E-state index in [1.54, 1.807) is 12.4 Å². The summed E-state index contributed by atoms with van der Waals surface area (Å²) in [7, 11) is 1.41. The summed E-state index contributed by atoms with van der Waals surface area (Å²) in [6.07, 6.45) is 7.05. The fraction of sp³-hybridized carbons (Fsp3) is 0.526. The molecule has 9 heteroatoms. The first-order valence-electron chi connectivity index (χ1n) is 9.51. The van der Waals surface area contributed by atoms with Crippen LogP contribution in [0.5, 0.6) is 0 Å². The average Bonchev–Trinajstić information content (AvgIpc) is 3.51. The first-order valence-corrected chi connectivity index (χ1v) is 10.5. The number of hydrogen-bond donors (Lipinski definition) is 0. The van der Waals surface area contributed by atoms with E-state index in [1.807, 2.05) is 17.0 Å². The number of hydrogen-bond acceptors (Lipinski definition) is 7. The number of esters is 1. The van der Waals surface area contributed by atoms with Crippen molar-refractivity contribution in [3.8, 4) is 11.4 Å². The fourth-order valence-corrected chi connectivity index (χ4v) is 4.39. The molecule has 148 valence electrons. The molecule has 2 aromatic rings. The van der Waals surface area contributed by atoms with Gasteiger partial charge < -0.3 is 9.64 Å². The highest BCUT2D eigenvalue weighted by Gasteiger charge is 2.31. The predicted octanol–water partition coefficient (Wildman–Crippen LogP) is 2.18. The first-order chi connectivity index (χ1) is 13.7. The second-order valence-electron chi connectivity index (χ2n) is 7.12. The lowest BCUT2D eigenvalue weighted by Crippen LogP contribution is -2.41. The van der Waals surface area contributed by atoms with Crippen LogP contribution in [0.2, 0.25) is 0 Å². The molecule has 1 saturated carbocycles.